The number of esters is 1. The lowest BCUT2D eigenvalue weighted by atomic mass is 10.6. The van der Waals surface area contributed by atoms with Gasteiger partial charge in [-0.05, 0) is 6.92 Å². The van der Waals surface area contributed by atoms with Crippen molar-refractivity contribution in [3.8, 4) is 0 Å². The van der Waals surface area contributed by atoms with Crippen LogP contribution in [-0.4, -0.2) is 45.9 Å². The van der Waals surface area contributed by atoms with Gasteiger partial charge in [0, 0.05) is 6.54 Å². The summed E-state index contributed by atoms with van der Waals surface area (Å²) in [6.07, 6.45) is 0. The molecule has 0 rings (SSSR count). The maximum Gasteiger partial charge on any atom is 0.325 e. The number of nitrogens with two attached hydrogens (primary N) is 1. The molecule has 0 aliphatic rings. The molecular formula is C7H15N3O5S. The Morgan fingerprint density at radius 1 is 1.31 bits per heavy atom. The van der Waals surface area contributed by atoms with Crippen LogP contribution >= 0.6 is 0 Å². The van der Waals surface area contributed by atoms with Crippen LogP contribution in [-0.2, 0) is 19.6 Å². The summed E-state index contributed by atoms with van der Waals surface area (Å²) in [5.74, 6) is -0.927. The van der Waals surface area contributed by atoms with Crippen molar-refractivity contribution in [2.75, 3.05) is 25.4 Å². The first kappa shape index (κ1) is 14.6. The largest absolute Gasteiger partial charge is 0.465 e. The molecule has 0 radical (unpaired) electrons. The van der Waals surface area contributed by atoms with E-state index < -0.39 is 22.0 Å². The van der Waals surface area contributed by atoms with Crippen LogP contribution < -0.4 is 15.8 Å². The minimum Gasteiger partial charge on any atom is -0.465 e. The average Bonchev–Trinajstić information content (AvgIpc) is 2.13. The van der Waals surface area contributed by atoms with Crippen molar-refractivity contribution in [1.82, 2.24) is 10.6 Å². The summed E-state index contributed by atoms with van der Waals surface area (Å²) in [7, 11) is -3.59. The summed E-state index contributed by atoms with van der Waals surface area (Å²) < 4.78 is 25.5. The minimum atomic E-state index is -3.59. The first-order valence-corrected chi connectivity index (χ1v) is 6.24. The van der Waals surface area contributed by atoms with E-state index in [4.69, 9.17) is 5.14 Å². The van der Waals surface area contributed by atoms with Crippen molar-refractivity contribution in [2.45, 2.75) is 6.92 Å². The zero-order valence-corrected chi connectivity index (χ0v) is 9.67. The lowest BCUT2D eigenvalue weighted by molar-refractivity contribution is -0.141. The van der Waals surface area contributed by atoms with Gasteiger partial charge in [0.25, 0.3) is 0 Å². The van der Waals surface area contributed by atoms with Crippen molar-refractivity contribution < 1.29 is 22.7 Å². The second kappa shape index (κ2) is 7.01. The van der Waals surface area contributed by atoms with Crippen molar-refractivity contribution in [2.24, 2.45) is 5.14 Å². The normalized spacial score (nSPS) is 10.6. The summed E-state index contributed by atoms with van der Waals surface area (Å²) >= 11 is 0. The van der Waals surface area contributed by atoms with Gasteiger partial charge in [0.2, 0.25) is 10.0 Å². The fourth-order valence-corrected chi connectivity index (χ4v) is 1.12. The van der Waals surface area contributed by atoms with Crippen LogP contribution in [0, 0.1) is 0 Å². The molecule has 94 valence electrons. The molecule has 0 fully saturated rings. The molecule has 9 heteroatoms. The fourth-order valence-electron chi connectivity index (χ4n) is 0.734. The van der Waals surface area contributed by atoms with E-state index in [2.05, 4.69) is 15.4 Å². The number of hydrogen-bond donors (Lipinski definition) is 3. The van der Waals surface area contributed by atoms with Gasteiger partial charge in [-0.3, -0.25) is 4.79 Å². The summed E-state index contributed by atoms with van der Waals surface area (Å²) in [6.45, 7) is 1.49. The van der Waals surface area contributed by atoms with Crippen LogP contribution in [0.5, 0.6) is 0 Å². The van der Waals surface area contributed by atoms with Crippen LogP contribution in [0.15, 0.2) is 0 Å². The highest BCUT2D eigenvalue weighted by molar-refractivity contribution is 7.89. The Morgan fingerprint density at radius 2 is 1.94 bits per heavy atom. The van der Waals surface area contributed by atoms with Gasteiger partial charge in [-0.2, -0.15) is 0 Å². The van der Waals surface area contributed by atoms with E-state index in [1.165, 1.54) is 0 Å². The molecule has 2 amide bonds. The van der Waals surface area contributed by atoms with Gasteiger partial charge in [-0.15, -0.1) is 0 Å². The third-order valence-corrected chi connectivity index (χ3v) is 2.14. The van der Waals surface area contributed by atoms with E-state index in [1.807, 2.05) is 0 Å². The van der Waals surface area contributed by atoms with Crippen LogP contribution in [0.2, 0.25) is 0 Å². The molecular weight excluding hydrogens is 238 g/mol. The molecule has 8 nitrogen and oxygen atoms in total. The van der Waals surface area contributed by atoms with E-state index in [-0.39, 0.29) is 25.4 Å². The molecule has 0 aliphatic heterocycles. The zero-order chi connectivity index (χ0) is 12.6. The van der Waals surface area contributed by atoms with Gasteiger partial charge in [-0.1, -0.05) is 0 Å². The van der Waals surface area contributed by atoms with Crippen molar-refractivity contribution >= 4 is 22.0 Å². The molecule has 0 unspecified atom stereocenters. The van der Waals surface area contributed by atoms with Gasteiger partial charge in [0.15, 0.2) is 0 Å². The Balaban J connectivity index is 3.64. The molecule has 0 spiro atoms. The third kappa shape index (κ3) is 9.21. The smallest absolute Gasteiger partial charge is 0.325 e. The van der Waals surface area contributed by atoms with E-state index in [1.54, 1.807) is 6.92 Å². The molecule has 0 heterocycles. The summed E-state index contributed by atoms with van der Waals surface area (Å²) in [4.78, 5) is 21.8. The Labute approximate surface area is 93.6 Å². The number of carbonyl (C=O) groups excluding carboxylic acids is 2. The molecule has 0 atom stereocenters. The summed E-state index contributed by atoms with van der Waals surface area (Å²) in [6, 6.07) is -0.656. The topological polar surface area (TPSA) is 128 Å². The quantitative estimate of drug-likeness (QED) is 0.478. The number of carbonyl (C=O) groups is 2. The number of sulfonamides is 1. The van der Waals surface area contributed by atoms with Crippen LogP contribution in [0.25, 0.3) is 0 Å². The van der Waals surface area contributed by atoms with Crippen molar-refractivity contribution in [3.05, 3.63) is 0 Å². The number of urea groups is 1. The highest BCUT2D eigenvalue weighted by atomic mass is 32.2. The summed E-state index contributed by atoms with van der Waals surface area (Å²) in [5.41, 5.74) is 0. The molecule has 4 N–H and O–H groups in total. The van der Waals surface area contributed by atoms with Crippen LogP contribution in [0.4, 0.5) is 4.79 Å². The maximum atomic E-state index is 11.0. The Kier molecular flexibility index (Phi) is 6.42. The molecule has 0 saturated carbocycles. The molecule has 0 aromatic rings. The lowest BCUT2D eigenvalue weighted by Crippen LogP contribution is -2.41. The number of rotatable bonds is 6. The molecule has 0 bridgehead atoms. The number of amides is 2. The molecule has 0 aromatic heterocycles. The zero-order valence-electron chi connectivity index (χ0n) is 8.86. The molecule has 0 aliphatic carbocycles. The minimum absolute atomic E-state index is 0.118. The Morgan fingerprint density at radius 3 is 2.44 bits per heavy atom. The number of hydrogen-bond acceptors (Lipinski definition) is 5. The monoisotopic (exact) mass is 253 g/mol. The number of nitrogens with one attached hydrogen (secondary N) is 2. The first-order valence-electron chi connectivity index (χ1n) is 4.53. The summed E-state index contributed by atoms with van der Waals surface area (Å²) in [5, 5.41) is 9.12. The number of ether oxygens (including phenoxy) is 1. The highest BCUT2D eigenvalue weighted by Gasteiger charge is 2.06. The molecule has 16 heavy (non-hydrogen) atoms. The molecule has 0 aromatic carbocycles. The SMILES string of the molecule is CCOC(=O)CNC(=O)NCCS(N)(=O)=O. The predicted octanol–water partition coefficient (Wildman–Crippen LogP) is -1.86. The van der Waals surface area contributed by atoms with Crippen LogP contribution in [0.1, 0.15) is 6.92 Å². The van der Waals surface area contributed by atoms with Gasteiger partial charge >= 0.3 is 12.0 Å². The van der Waals surface area contributed by atoms with Crippen molar-refractivity contribution in [1.29, 1.82) is 0 Å². The Bertz CT molecular complexity index is 340. The van der Waals surface area contributed by atoms with Gasteiger partial charge in [-0.25, -0.2) is 18.4 Å². The lowest BCUT2D eigenvalue weighted by Gasteiger charge is -2.06. The van der Waals surface area contributed by atoms with Gasteiger partial charge in [0.05, 0.1) is 12.4 Å². The second-order valence-electron chi connectivity index (χ2n) is 2.78. The van der Waals surface area contributed by atoms with E-state index in [0.29, 0.717) is 0 Å². The van der Waals surface area contributed by atoms with Crippen molar-refractivity contribution in [3.63, 3.8) is 0 Å². The maximum absolute atomic E-state index is 11.0. The number of primary sulfonamides is 1. The van der Waals surface area contributed by atoms with Gasteiger partial charge < -0.3 is 15.4 Å². The van der Waals surface area contributed by atoms with Crippen LogP contribution in [0.3, 0.4) is 0 Å². The molecule has 0 saturated heterocycles. The highest BCUT2D eigenvalue weighted by Crippen LogP contribution is 1.77. The average molecular weight is 253 g/mol. The first-order chi connectivity index (χ1) is 7.35. The third-order valence-electron chi connectivity index (χ3n) is 1.37. The van der Waals surface area contributed by atoms with Gasteiger partial charge in [0.1, 0.15) is 6.54 Å². The Hall–Kier alpha value is -1.35. The predicted molar refractivity (Wildman–Crippen MR) is 56.0 cm³/mol. The standard InChI is InChI=1S/C7H15N3O5S/c1-2-15-6(11)5-10-7(12)9-3-4-16(8,13)14/h2-5H2,1H3,(H2,8,13,14)(H2,9,10,12). The van der Waals surface area contributed by atoms with E-state index in [9.17, 15) is 18.0 Å². The van der Waals surface area contributed by atoms with E-state index in [0.717, 1.165) is 0 Å². The van der Waals surface area contributed by atoms with E-state index >= 15 is 0 Å². The second-order valence-corrected chi connectivity index (χ2v) is 4.52. The fraction of sp³-hybridized carbons (Fsp3) is 0.714.